The Morgan fingerprint density at radius 1 is 0.778 bits per heavy atom. The molecule has 0 bridgehead atoms. The zero-order valence-corrected chi connectivity index (χ0v) is 12.2. The van der Waals surface area contributed by atoms with Gasteiger partial charge in [-0.25, -0.2) is 0 Å². The van der Waals surface area contributed by atoms with Gasteiger partial charge in [0.2, 0.25) is 0 Å². The minimum atomic E-state index is 0.230. The Morgan fingerprint density at radius 3 is 2.00 bits per heavy atom. The van der Waals surface area contributed by atoms with Crippen LogP contribution in [0.15, 0.2) is 35.5 Å². The summed E-state index contributed by atoms with van der Waals surface area (Å²) in [5.41, 5.74) is 3.47. The standard InChI is InChI=1S/C18H28/c1-18(2)14-10-13-16-11-8-6-4-3-5-7-9-12-17(16)15-18/h10,13-15H,3-9,11-12H2,1-2H3. The van der Waals surface area contributed by atoms with Gasteiger partial charge in [0.05, 0.1) is 0 Å². The van der Waals surface area contributed by atoms with Crippen LogP contribution in [0.3, 0.4) is 0 Å². The summed E-state index contributed by atoms with van der Waals surface area (Å²) in [6.45, 7) is 4.64. The molecule has 0 atom stereocenters. The molecule has 0 N–H and O–H groups in total. The maximum Gasteiger partial charge on any atom is 0.00134 e. The minimum absolute atomic E-state index is 0.230. The van der Waals surface area contributed by atoms with Crippen molar-refractivity contribution >= 4 is 0 Å². The molecular weight excluding hydrogens is 216 g/mol. The molecule has 2 aliphatic carbocycles. The second kappa shape index (κ2) is 6.41. The van der Waals surface area contributed by atoms with E-state index in [-0.39, 0.29) is 5.41 Å². The van der Waals surface area contributed by atoms with E-state index in [1.807, 2.05) is 0 Å². The highest BCUT2D eigenvalue weighted by molar-refractivity contribution is 5.39. The Kier molecular flexibility index (Phi) is 4.86. The lowest BCUT2D eigenvalue weighted by molar-refractivity contribution is 0.587. The molecule has 2 rings (SSSR count). The maximum absolute atomic E-state index is 2.51. The average Bonchev–Trinajstić information content (AvgIpc) is 2.47. The monoisotopic (exact) mass is 244 g/mol. The first-order valence-electron chi connectivity index (χ1n) is 7.78. The van der Waals surface area contributed by atoms with Gasteiger partial charge in [-0.2, -0.15) is 0 Å². The molecule has 0 aliphatic heterocycles. The topological polar surface area (TPSA) is 0 Å². The highest BCUT2D eigenvalue weighted by Gasteiger charge is 2.16. The summed E-state index contributed by atoms with van der Waals surface area (Å²) < 4.78 is 0. The smallest absolute Gasteiger partial charge is 0.00134 e. The van der Waals surface area contributed by atoms with Gasteiger partial charge in [-0.15, -0.1) is 0 Å². The third kappa shape index (κ3) is 4.15. The van der Waals surface area contributed by atoms with Crippen molar-refractivity contribution in [3.05, 3.63) is 35.5 Å². The van der Waals surface area contributed by atoms with Crippen LogP contribution in [0.1, 0.15) is 71.6 Å². The van der Waals surface area contributed by atoms with Crippen molar-refractivity contribution in [2.75, 3.05) is 0 Å². The van der Waals surface area contributed by atoms with E-state index in [1.165, 1.54) is 57.8 Å². The van der Waals surface area contributed by atoms with E-state index in [0.717, 1.165) is 0 Å². The van der Waals surface area contributed by atoms with Crippen LogP contribution in [0.25, 0.3) is 0 Å². The molecule has 0 heteroatoms. The third-order valence-corrected chi connectivity index (χ3v) is 4.17. The van der Waals surface area contributed by atoms with E-state index in [4.69, 9.17) is 0 Å². The van der Waals surface area contributed by atoms with E-state index < -0.39 is 0 Å². The van der Waals surface area contributed by atoms with Crippen molar-refractivity contribution in [1.29, 1.82) is 0 Å². The normalized spacial score (nSPS) is 25.2. The number of allylic oxidation sites excluding steroid dienone is 6. The van der Waals surface area contributed by atoms with Crippen LogP contribution in [0.4, 0.5) is 0 Å². The van der Waals surface area contributed by atoms with Crippen molar-refractivity contribution in [2.24, 2.45) is 5.41 Å². The molecule has 0 saturated heterocycles. The summed E-state index contributed by atoms with van der Waals surface area (Å²) in [4.78, 5) is 0. The van der Waals surface area contributed by atoms with Crippen LogP contribution < -0.4 is 0 Å². The molecule has 0 nitrogen and oxygen atoms in total. The Bertz CT molecular complexity index is 352. The molecule has 0 heterocycles. The highest BCUT2D eigenvalue weighted by Crippen LogP contribution is 2.32. The quantitative estimate of drug-likeness (QED) is 0.493. The van der Waals surface area contributed by atoms with Crippen LogP contribution in [0.2, 0.25) is 0 Å². The summed E-state index contributed by atoms with van der Waals surface area (Å²) in [5, 5.41) is 0. The molecule has 0 spiro atoms. The highest BCUT2D eigenvalue weighted by atomic mass is 14.2. The lowest BCUT2D eigenvalue weighted by atomic mass is 9.87. The van der Waals surface area contributed by atoms with Crippen molar-refractivity contribution in [3.63, 3.8) is 0 Å². The Balaban J connectivity index is 2.15. The zero-order valence-electron chi connectivity index (χ0n) is 12.2. The van der Waals surface area contributed by atoms with Gasteiger partial charge in [0.25, 0.3) is 0 Å². The SMILES string of the molecule is CC1(C)C=CC=C2CCCCCCCCCC2=C1. The number of fused-ring (bicyclic) bond motifs is 1. The number of rotatable bonds is 0. The van der Waals surface area contributed by atoms with Gasteiger partial charge in [0.1, 0.15) is 0 Å². The Labute approximate surface area is 113 Å². The van der Waals surface area contributed by atoms with Crippen LogP contribution in [-0.2, 0) is 0 Å². The van der Waals surface area contributed by atoms with Crippen molar-refractivity contribution in [3.8, 4) is 0 Å². The molecule has 0 radical (unpaired) electrons. The van der Waals surface area contributed by atoms with Crippen molar-refractivity contribution < 1.29 is 0 Å². The first kappa shape index (κ1) is 13.6. The zero-order chi connectivity index (χ0) is 12.8. The summed E-state index contributed by atoms with van der Waals surface area (Å²) >= 11 is 0. The molecule has 1 saturated carbocycles. The lowest BCUT2D eigenvalue weighted by Gasteiger charge is -2.18. The van der Waals surface area contributed by atoms with Crippen molar-refractivity contribution in [1.82, 2.24) is 0 Å². The van der Waals surface area contributed by atoms with Gasteiger partial charge in [-0.05, 0) is 36.8 Å². The van der Waals surface area contributed by atoms with Gasteiger partial charge < -0.3 is 0 Å². The van der Waals surface area contributed by atoms with Crippen LogP contribution in [0, 0.1) is 5.41 Å². The second-order valence-electron chi connectivity index (χ2n) is 6.52. The summed E-state index contributed by atoms with van der Waals surface area (Å²) in [7, 11) is 0. The number of hydrogen-bond acceptors (Lipinski definition) is 0. The minimum Gasteiger partial charge on any atom is -0.0751 e. The summed E-state index contributed by atoms with van der Waals surface area (Å²) in [6.07, 6.45) is 22.0. The molecule has 0 aromatic rings. The first-order valence-corrected chi connectivity index (χ1v) is 7.78. The fourth-order valence-corrected chi connectivity index (χ4v) is 3.10. The fraction of sp³-hybridized carbons (Fsp3) is 0.667. The average molecular weight is 244 g/mol. The van der Waals surface area contributed by atoms with E-state index in [2.05, 4.69) is 38.2 Å². The largest absolute Gasteiger partial charge is 0.0751 e. The third-order valence-electron chi connectivity index (χ3n) is 4.17. The van der Waals surface area contributed by atoms with Crippen LogP contribution in [0.5, 0.6) is 0 Å². The van der Waals surface area contributed by atoms with Gasteiger partial charge in [0, 0.05) is 5.41 Å². The van der Waals surface area contributed by atoms with Gasteiger partial charge in [-0.1, -0.05) is 70.3 Å². The van der Waals surface area contributed by atoms with E-state index >= 15 is 0 Å². The van der Waals surface area contributed by atoms with Gasteiger partial charge in [0.15, 0.2) is 0 Å². The Hall–Kier alpha value is -0.780. The van der Waals surface area contributed by atoms with Crippen LogP contribution in [-0.4, -0.2) is 0 Å². The lowest BCUT2D eigenvalue weighted by Crippen LogP contribution is -2.04. The predicted molar refractivity (Wildman–Crippen MR) is 80.6 cm³/mol. The van der Waals surface area contributed by atoms with Gasteiger partial charge >= 0.3 is 0 Å². The van der Waals surface area contributed by atoms with Crippen LogP contribution >= 0.6 is 0 Å². The molecule has 0 aromatic heterocycles. The molecule has 18 heavy (non-hydrogen) atoms. The molecule has 100 valence electrons. The summed E-state index contributed by atoms with van der Waals surface area (Å²) in [6, 6.07) is 0. The summed E-state index contributed by atoms with van der Waals surface area (Å²) in [5.74, 6) is 0. The first-order chi connectivity index (χ1) is 8.67. The molecular formula is C18H28. The predicted octanol–water partition coefficient (Wildman–Crippen LogP) is 5.96. The number of hydrogen-bond donors (Lipinski definition) is 0. The van der Waals surface area contributed by atoms with E-state index in [9.17, 15) is 0 Å². The van der Waals surface area contributed by atoms with E-state index in [0.29, 0.717) is 0 Å². The van der Waals surface area contributed by atoms with E-state index in [1.54, 1.807) is 11.1 Å². The second-order valence-corrected chi connectivity index (χ2v) is 6.52. The molecule has 2 aliphatic rings. The van der Waals surface area contributed by atoms with Gasteiger partial charge in [-0.3, -0.25) is 0 Å². The molecule has 0 aromatic carbocycles. The van der Waals surface area contributed by atoms with Crippen molar-refractivity contribution in [2.45, 2.75) is 71.6 Å². The molecule has 0 amide bonds. The Morgan fingerprint density at radius 2 is 1.33 bits per heavy atom. The fourth-order valence-electron chi connectivity index (χ4n) is 3.10. The molecule has 1 fully saturated rings. The molecule has 0 unspecified atom stereocenters. The maximum atomic E-state index is 2.51.